The molecule has 0 amide bonds. The molecule has 0 saturated carbocycles. The molecule has 2 rings (SSSR count). The molecule has 0 bridgehead atoms. The Morgan fingerprint density at radius 3 is 2.69 bits per heavy atom. The molecule has 2 aromatic heterocycles. The van der Waals surface area contributed by atoms with Gasteiger partial charge in [0.25, 0.3) is 0 Å². The summed E-state index contributed by atoms with van der Waals surface area (Å²) in [6.45, 7) is 4.01. The van der Waals surface area contributed by atoms with Crippen molar-refractivity contribution in [3.8, 4) is 10.8 Å². The summed E-state index contributed by atoms with van der Waals surface area (Å²) in [4.78, 5) is 13.1. The van der Waals surface area contributed by atoms with Gasteiger partial charge in [-0.3, -0.25) is 0 Å². The minimum absolute atomic E-state index is 0.537. The molecule has 2 N–H and O–H groups in total. The number of thiazole rings is 1. The third kappa shape index (κ3) is 2.17. The molecule has 2 aromatic rings. The van der Waals surface area contributed by atoms with Gasteiger partial charge >= 0.3 is 0 Å². The molecular formula is C10H11IN4S. The maximum Gasteiger partial charge on any atom is 0.190 e. The average Bonchev–Trinajstić information content (AvgIpc) is 2.69. The lowest BCUT2D eigenvalue weighted by Crippen LogP contribution is -2.04. The molecule has 0 aliphatic heterocycles. The van der Waals surface area contributed by atoms with Gasteiger partial charge in [-0.1, -0.05) is 6.92 Å². The van der Waals surface area contributed by atoms with E-state index in [-0.39, 0.29) is 0 Å². The summed E-state index contributed by atoms with van der Waals surface area (Å²) in [6, 6.07) is 0. The van der Waals surface area contributed by atoms with Crippen LogP contribution in [0.3, 0.4) is 0 Å². The van der Waals surface area contributed by atoms with Crippen molar-refractivity contribution >= 4 is 39.7 Å². The standard InChI is InChI=1S/C10H11IN4S/c1-3-6-7(11)8(12)15-9(14-6)10-13-5(2)4-16-10/h4H,3H2,1-2H3,(H2,12,14,15). The zero-order valence-corrected chi connectivity index (χ0v) is 12.0. The number of nitrogen functional groups attached to an aromatic ring is 1. The van der Waals surface area contributed by atoms with E-state index in [1.165, 1.54) is 0 Å². The summed E-state index contributed by atoms with van der Waals surface area (Å²) < 4.78 is 0.942. The van der Waals surface area contributed by atoms with Crippen molar-refractivity contribution in [3.63, 3.8) is 0 Å². The maximum atomic E-state index is 5.86. The largest absolute Gasteiger partial charge is 0.383 e. The fourth-order valence-electron chi connectivity index (χ4n) is 1.30. The molecule has 16 heavy (non-hydrogen) atoms. The Labute approximate surface area is 111 Å². The number of halogens is 1. The van der Waals surface area contributed by atoms with Crippen molar-refractivity contribution in [1.29, 1.82) is 0 Å². The van der Waals surface area contributed by atoms with Crippen LogP contribution in [0.5, 0.6) is 0 Å². The van der Waals surface area contributed by atoms with Crippen molar-refractivity contribution in [2.75, 3.05) is 5.73 Å². The van der Waals surface area contributed by atoms with Gasteiger partial charge in [0.1, 0.15) is 5.82 Å². The number of nitrogens with zero attached hydrogens (tertiary/aromatic N) is 3. The second kappa shape index (κ2) is 4.62. The van der Waals surface area contributed by atoms with E-state index in [0.717, 1.165) is 26.4 Å². The first-order chi connectivity index (χ1) is 7.61. The molecule has 0 spiro atoms. The molecule has 0 fully saturated rings. The molecular weight excluding hydrogens is 335 g/mol. The maximum absolute atomic E-state index is 5.86. The molecule has 2 heterocycles. The summed E-state index contributed by atoms with van der Waals surface area (Å²) >= 11 is 3.72. The van der Waals surface area contributed by atoms with Gasteiger partial charge in [-0.05, 0) is 35.9 Å². The highest BCUT2D eigenvalue weighted by molar-refractivity contribution is 14.1. The molecule has 0 aliphatic carbocycles. The third-order valence-electron chi connectivity index (χ3n) is 2.09. The molecule has 84 valence electrons. The molecule has 0 saturated heterocycles. The minimum atomic E-state index is 0.537. The Morgan fingerprint density at radius 1 is 1.38 bits per heavy atom. The normalized spacial score (nSPS) is 10.7. The summed E-state index contributed by atoms with van der Waals surface area (Å²) in [6.07, 6.45) is 0.850. The third-order valence-corrected chi connectivity index (χ3v) is 4.22. The van der Waals surface area contributed by atoms with Gasteiger partial charge in [0, 0.05) is 11.1 Å². The summed E-state index contributed by atoms with van der Waals surface area (Å²) in [5.74, 6) is 1.17. The Balaban J connectivity index is 2.54. The van der Waals surface area contributed by atoms with Crippen molar-refractivity contribution in [2.45, 2.75) is 20.3 Å². The van der Waals surface area contributed by atoms with E-state index in [2.05, 4.69) is 44.5 Å². The zero-order valence-electron chi connectivity index (χ0n) is 8.99. The van der Waals surface area contributed by atoms with E-state index in [9.17, 15) is 0 Å². The van der Waals surface area contributed by atoms with Crippen LogP contribution in [0.15, 0.2) is 5.38 Å². The number of aryl methyl sites for hydroxylation is 2. The van der Waals surface area contributed by atoms with Crippen LogP contribution in [0.4, 0.5) is 5.82 Å². The van der Waals surface area contributed by atoms with Crippen LogP contribution in [0.2, 0.25) is 0 Å². The molecule has 0 radical (unpaired) electrons. The average molecular weight is 346 g/mol. The first-order valence-electron chi connectivity index (χ1n) is 4.86. The number of anilines is 1. The van der Waals surface area contributed by atoms with E-state index in [1.54, 1.807) is 11.3 Å². The highest BCUT2D eigenvalue weighted by atomic mass is 127. The summed E-state index contributed by atoms with van der Waals surface area (Å²) in [5, 5.41) is 2.81. The predicted octanol–water partition coefficient (Wildman–Crippen LogP) is 2.66. The fraction of sp³-hybridized carbons (Fsp3) is 0.300. The summed E-state index contributed by atoms with van der Waals surface area (Å²) in [5.41, 5.74) is 7.83. The van der Waals surface area contributed by atoms with Gasteiger partial charge in [0.05, 0.1) is 9.26 Å². The monoisotopic (exact) mass is 346 g/mol. The number of nitrogens with two attached hydrogens (primary N) is 1. The highest BCUT2D eigenvalue weighted by Crippen LogP contribution is 2.24. The number of hydrogen-bond donors (Lipinski definition) is 1. The Kier molecular flexibility index (Phi) is 3.38. The van der Waals surface area contributed by atoms with Gasteiger partial charge in [-0.2, -0.15) is 0 Å². The van der Waals surface area contributed by atoms with E-state index in [0.29, 0.717) is 11.6 Å². The first kappa shape index (κ1) is 11.7. The van der Waals surface area contributed by atoms with E-state index in [4.69, 9.17) is 5.73 Å². The van der Waals surface area contributed by atoms with Crippen LogP contribution >= 0.6 is 33.9 Å². The second-order valence-electron chi connectivity index (χ2n) is 3.34. The summed E-state index contributed by atoms with van der Waals surface area (Å²) in [7, 11) is 0. The van der Waals surface area contributed by atoms with E-state index >= 15 is 0 Å². The van der Waals surface area contributed by atoms with Crippen LogP contribution in [0.25, 0.3) is 10.8 Å². The lowest BCUT2D eigenvalue weighted by molar-refractivity contribution is 0.991. The van der Waals surface area contributed by atoms with Gasteiger partial charge in [0.15, 0.2) is 10.8 Å². The zero-order chi connectivity index (χ0) is 11.7. The Hall–Kier alpha value is -0.760. The SMILES string of the molecule is CCc1nc(-c2nc(C)cs2)nc(N)c1I. The van der Waals surface area contributed by atoms with Crippen molar-refractivity contribution in [3.05, 3.63) is 20.3 Å². The van der Waals surface area contributed by atoms with E-state index in [1.807, 2.05) is 12.3 Å². The predicted molar refractivity (Wildman–Crippen MR) is 74.4 cm³/mol. The highest BCUT2D eigenvalue weighted by Gasteiger charge is 2.12. The Morgan fingerprint density at radius 2 is 2.12 bits per heavy atom. The van der Waals surface area contributed by atoms with Crippen molar-refractivity contribution < 1.29 is 0 Å². The Bertz CT molecular complexity index is 524. The molecule has 0 aliphatic rings. The van der Waals surface area contributed by atoms with Crippen LogP contribution in [-0.4, -0.2) is 15.0 Å². The quantitative estimate of drug-likeness (QED) is 0.849. The van der Waals surface area contributed by atoms with Gasteiger partial charge in [0.2, 0.25) is 0 Å². The molecule has 0 aromatic carbocycles. The molecule has 6 heteroatoms. The smallest absolute Gasteiger partial charge is 0.190 e. The van der Waals surface area contributed by atoms with Crippen molar-refractivity contribution in [1.82, 2.24) is 15.0 Å². The molecule has 0 atom stereocenters. The first-order valence-corrected chi connectivity index (χ1v) is 6.82. The number of aromatic nitrogens is 3. The minimum Gasteiger partial charge on any atom is -0.383 e. The van der Waals surface area contributed by atoms with Gasteiger partial charge in [-0.25, -0.2) is 15.0 Å². The molecule has 0 unspecified atom stereocenters. The number of rotatable bonds is 2. The number of hydrogen-bond acceptors (Lipinski definition) is 5. The lowest BCUT2D eigenvalue weighted by Gasteiger charge is -2.05. The fourth-order valence-corrected chi connectivity index (χ4v) is 2.65. The lowest BCUT2D eigenvalue weighted by atomic mass is 10.3. The topological polar surface area (TPSA) is 64.7 Å². The van der Waals surface area contributed by atoms with Gasteiger partial charge < -0.3 is 5.73 Å². The van der Waals surface area contributed by atoms with Crippen LogP contribution < -0.4 is 5.73 Å². The second-order valence-corrected chi connectivity index (χ2v) is 5.28. The van der Waals surface area contributed by atoms with Crippen LogP contribution in [-0.2, 0) is 6.42 Å². The molecule has 4 nitrogen and oxygen atoms in total. The van der Waals surface area contributed by atoms with Crippen LogP contribution in [0, 0.1) is 10.5 Å². The van der Waals surface area contributed by atoms with E-state index < -0.39 is 0 Å². The van der Waals surface area contributed by atoms with Crippen molar-refractivity contribution in [2.24, 2.45) is 0 Å². The van der Waals surface area contributed by atoms with Crippen LogP contribution in [0.1, 0.15) is 18.3 Å². The van der Waals surface area contributed by atoms with Gasteiger partial charge in [-0.15, -0.1) is 11.3 Å².